The van der Waals surface area contributed by atoms with Crippen LogP contribution < -0.4 is 17.0 Å². The first-order valence-corrected chi connectivity index (χ1v) is 6.20. The molecule has 0 N–H and O–H groups in total. The maximum absolute atomic E-state index is 4.28. The van der Waals surface area contributed by atoms with Crippen LogP contribution in [0.15, 0.2) is 17.4 Å². The molecule has 0 aliphatic carbocycles. The molecule has 2 nitrogen and oxygen atoms in total. The third-order valence-electron chi connectivity index (χ3n) is 3.44. The maximum atomic E-state index is 4.28. The van der Waals surface area contributed by atoms with Gasteiger partial charge in [0.2, 0.25) is 0 Å². The van der Waals surface area contributed by atoms with Gasteiger partial charge in [-0.3, -0.25) is 4.48 Å². The highest BCUT2D eigenvalue weighted by molar-refractivity contribution is 5.50. The van der Waals surface area contributed by atoms with E-state index in [1.54, 1.807) is 0 Å². The van der Waals surface area contributed by atoms with Gasteiger partial charge in [0.1, 0.15) is 6.20 Å². The van der Waals surface area contributed by atoms with Crippen LogP contribution >= 0.6 is 0 Å². The molecule has 1 aliphatic rings. The van der Waals surface area contributed by atoms with E-state index in [2.05, 4.69) is 45.2 Å². The van der Waals surface area contributed by atoms with Gasteiger partial charge in [-0.2, -0.15) is 0 Å². The van der Waals surface area contributed by atoms with Gasteiger partial charge < -0.3 is 17.0 Å². The average molecular weight is 289 g/mol. The molecule has 16 heavy (non-hydrogen) atoms. The number of rotatable bonds is 6. The van der Waals surface area contributed by atoms with E-state index in [1.165, 1.54) is 25.9 Å². The summed E-state index contributed by atoms with van der Waals surface area (Å²) in [6, 6.07) is 0. The van der Waals surface area contributed by atoms with Crippen molar-refractivity contribution in [2.24, 2.45) is 16.8 Å². The number of hydrogen-bond donors (Lipinski definition) is 0. The van der Waals surface area contributed by atoms with E-state index < -0.39 is 0 Å². The number of nitrogens with zero attached hydrogens (tertiary/aromatic N) is 2. The second-order valence-electron chi connectivity index (χ2n) is 5.06. The highest BCUT2D eigenvalue weighted by Crippen LogP contribution is 2.20. The fraction of sp³-hybridized carbons (Fsp3) is 0.769. The van der Waals surface area contributed by atoms with Crippen molar-refractivity contribution >= 4 is 6.34 Å². The number of aliphatic imine (C=N–C) groups is 1. The van der Waals surface area contributed by atoms with Gasteiger partial charge in [-0.05, 0) is 12.8 Å². The first kappa shape index (κ1) is 15.9. The van der Waals surface area contributed by atoms with Gasteiger partial charge >= 0.3 is 0 Å². The van der Waals surface area contributed by atoms with Crippen LogP contribution in [0, 0.1) is 11.8 Å². The Morgan fingerprint density at radius 1 is 1.06 bits per heavy atom. The zero-order valence-corrected chi connectivity index (χ0v) is 12.6. The molecule has 1 heterocycles. The third-order valence-corrected chi connectivity index (χ3v) is 3.44. The molecule has 94 valence electrons. The molecule has 0 bridgehead atoms. The topological polar surface area (TPSA) is 12.4 Å². The predicted molar refractivity (Wildman–Crippen MR) is 66.5 cm³/mol. The van der Waals surface area contributed by atoms with E-state index in [1.807, 2.05) is 6.20 Å². The van der Waals surface area contributed by atoms with Crippen molar-refractivity contribution in [3.8, 4) is 0 Å². The number of halogens is 1. The van der Waals surface area contributed by atoms with Crippen LogP contribution in [0.25, 0.3) is 0 Å². The molecule has 0 radical (unpaired) electrons. The molecule has 0 saturated heterocycles. The molecule has 1 rings (SSSR count). The highest BCUT2D eigenvalue weighted by Gasteiger charge is 2.29. The molecule has 0 fully saturated rings. The lowest BCUT2D eigenvalue weighted by Gasteiger charge is -2.32. The highest BCUT2D eigenvalue weighted by atomic mass is 79.9. The number of hydrogen-bond acceptors (Lipinski definition) is 1. The molecule has 0 saturated carbocycles. The fourth-order valence-electron chi connectivity index (χ4n) is 2.09. The lowest BCUT2D eigenvalue weighted by molar-refractivity contribution is -0.787. The van der Waals surface area contributed by atoms with Gasteiger partial charge in [-0.15, -0.1) is 0 Å². The van der Waals surface area contributed by atoms with E-state index >= 15 is 0 Å². The minimum atomic E-state index is 0. The first-order valence-electron chi connectivity index (χ1n) is 6.20. The molecule has 3 heteroatoms. The van der Waals surface area contributed by atoms with Crippen molar-refractivity contribution in [3.63, 3.8) is 0 Å². The minimum Gasteiger partial charge on any atom is -1.00 e. The summed E-state index contributed by atoms with van der Waals surface area (Å²) < 4.78 is 0.962. The van der Waals surface area contributed by atoms with E-state index in [-0.39, 0.29) is 17.0 Å². The quantitative estimate of drug-likeness (QED) is 0.628. The second kappa shape index (κ2) is 7.23. The van der Waals surface area contributed by atoms with Crippen molar-refractivity contribution in [2.75, 3.05) is 13.1 Å². The van der Waals surface area contributed by atoms with E-state index in [9.17, 15) is 0 Å². The minimum absolute atomic E-state index is 0. The smallest absolute Gasteiger partial charge is 0.194 e. The monoisotopic (exact) mass is 288 g/mol. The normalized spacial score (nSPS) is 20.5. The summed E-state index contributed by atoms with van der Waals surface area (Å²) in [4.78, 5) is 4.28. The standard InChI is InChI=1S/C13H25N2.BrH/c1-5-12(3)9-15(8-7-14-11-15)10-13(4)6-2;/h7-8,11-13H,5-6,9-10H2,1-4H3;1H/q+1;/p-1/t12-,13-;/m0./s1. The molecule has 0 spiro atoms. The summed E-state index contributed by atoms with van der Waals surface area (Å²) in [5, 5.41) is 0. The van der Waals surface area contributed by atoms with E-state index in [0.29, 0.717) is 0 Å². The van der Waals surface area contributed by atoms with Crippen molar-refractivity contribution in [3.05, 3.63) is 12.4 Å². The molecule has 1 aliphatic heterocycles. The summed E-state index contributed by atoms with van der Waals surface area (Å²) in [6.45, 7) is 11.6. The molecule has 0 unspecified atom stereocenters. The molecule has 0 aromatic carbocycles. The summed E-state index contributed by atoms with van der Waals surface area (Å²) in [5.74, 6) is 1.53. The van der Waals surface area contributed by atoms with Gasteiger partial charge in [0, 0.05) is 11.8 Å². The summed E-state index contributed by atoms with van der Waals surface area (Å²) in [7, 11) is 0. The summed E-state index contributed by atoms with van der Waals surface area (Å²) in [5.41, 5.74) is 0. The van der Waals surface area contributed by atoms with Crippen LogP contribution in [0.5, 0.6) is 0 Å². The predicted octanol–water partition coefficient (Wildman–Crippen LogP) is 0.413. The van der Waals surface area contributed by atoms with Crippen LogP contribution in [-0.4, -0.2) is 23.9 Å². The summed E-state index contributed by atoms with van der Waals surface area (Å²) >= 11 is 0. The fourth-order valence-corrected chi connectivity index (χ4v) is 2.09. The van der Waals surface area contributed by atoms with Crippen LogP contribution in [0.3, 0.4) is 0 Å². The Morgan fingerprint density at radius 3 is 1.88 bits per heavy atom. The van der Waals surface area contributed by atoms with Crippen LogP contribution in [0.2, 0.25) is 0 Å². The third kappa shape index (κ3) is 4.38. The maximum Gasteiger partial charge on any atom is 0.194 e. The molecule has 2 atom stereocenters. The molecule has 0 aromatic heterocycles. The second-order valence-corrected chi connectivity index (χ2v) is 5.06. The zero-order chi connectivity index (χ0) is 11.3. The van der Waals surface area contributed by atoms with Crippen molar-refractivity contribution in [1.29, 1.82) is 0 Å². The van der Waals surface area contributed by atoms with Gasteiger partial charge in [-0.25, -0.2) is 4.99 Å². The Labute approximate surface area is 111 Å². The van der Waals surface area contributed by atoms with Gasteiger partial charge in [0.15, 0.2) is 6.34 Å². The lowest BCUT2D eigenvalue weighted by atomic mass is 10.0. The molecular weight excluding hydrogens is 264 g/mol. The molecule has 0 amide bonds. The van der Waals surface area contributed by atoms with E-state index in [4.69, 9.17) is 0 Å². The first-order chi connectivity index (χ1) is 7.12. The Balaban J connectivity index is 0.00000225. The van der Waals surface area contributed by atoms with Crippen LogP contribution in [-0.2, 0) is 0 Å². The Morgan fingerprint density at radius 2 is 1.56 bits per heavy atom. The molecular formula is C13H25BrN2. The number of quaternary nitrogens is 1. The summed E-state index contributed by atoms with van der Waals surface area (Å²) in [6.07, 6.45) is 8.81. The Kier molecular flexibility index (Phi) is 7.16. The average Bonchev–Trinajstić information content (AvgIpc) is 2.66. The van der Waals surface area contributed by atoms with Gasteiger partial charge in [0.05, 0.1) is 19.3 Å². The largest absolute Gasteiger partial charge is 1.00 e. The lowest BCUT2D eigenvalue weighted by Crippen LogP contribution is -3.00. The SMILES string of the molecule is CC[C@H](C)C[N+]1(C[C@@H](C)CC)C=CN=C1.[Br-]. The van der Waals surface area contributed by atoms with Gasteiger partial charge in [0.25, 0.3) is 0 Å². The van der Waals surface area contributed by atoms with Crippen molar-refractivity contribution in [1.82, 2.24) is 0 Å². The zero-order valence-electron chi connectivity index (χ0n) is 11.0. The van der Waals surface area contributed by atoms with Crippen LogP contribution in [0.1, 0.15) is 40.5 Å². The van der Waals surface area contributed by atoms with Crippen molar-refractivity contribution in [2.45, 2.75) is 40.5 Å². The van der Waals surface area contributed by atoms with Crippen molar-refractivity contribution < 1.29 is 21.5 Å². The Hall–Kier alpha value is -0.150. The van der Waals surface area contributed by atoms with E-state index in [0.717, 1.165) is 16.3 Å². The Bertz CT molecular complexity index is 222. The van der Waals surface area contributed by atoms with Gasteiger partial charge in [-0.1, -0.05) is 27.7 Å². The molecule has 0 aromatic rings. The van der Waals surface area contributed by atoms with Crippen LogP contribution in [0.4, 0.5) is 0 Å².